The lowest BCUT2D eigenvalue weighted by atomic mass is 10.0. The standard InChI is InChI=1S/C21H20N6O/c28-21(18-12-17(25-26-18)14-6-5-10-22-13-14)27-11-4-3-9-19(27)20-23-15-7-1-2-8-16(15)24-20/h1-2,5-8,10,12-13,19H,3-4,9,11H2,(H,23,24)(H,25,26)/t19-/m0/s1. The summed E-state index contributed by atoms with van der Waals surface area (Å²) < 4.78 is 0. The van der Waals surface area contributed by atoms with Gasteiger partial charge in [0.15, 0.2) is 0 Å². The third-order valence-corrected chi connectivity index (χ3v) is 5.25. The van der Waals surface area contributed by atoms with Crippen LogP contribution >= 0.6 is 0 Å². The number of para-hydroxylation sites is 2. The van der Waals surface area contributed by atoms with Crippen LogP contribution in [0.1, 0.15) is 41.6 Å². The number of carbonyl (C=O) groups is 1. The van der Waals surface area contributed by atoms with E-state index in [-0.39, 0.29) is 11.9 Å². The van der Waals surface area contributed by atoms with E-state index in [1.165, 1.54) is 0 Å². The van der Waals surface area contributed by atoms with Gasteiger partial charge in [0.25, 0.3) is 5.91 Å². The average molecular weight is 372 g/mol. The number of H-pyrrole nitrogens is 2. The maximum Gasteiger partial charge on any atom is 0.272 e. The van der Waals surface area contributed by atoms with Gasteiger partial charge < -0.3 is 9.88 Å². The summed E-state index contributed by atoms with van der Waals surface area (Å²) in [7, 11) is 0. The Bertz CT molecular complexity index is 1080. The number of nitrogens with one attached hydrogen (secondary N) is 2. The Morgan fingerprint density at radius 1 is 1.14 bits per heavy atom. The number of imidazole rings is 1. The molecular formula is C21H20N6O. The van der Waals surface area contributed by atoms with Crippen molar-refractivity contribution in [3.8, 4) is 11.3 Å². The lowest BCUT2D eigenvalue weighted by Gasteiger charge is -2.34. The van der Waals surface area contributed by atoms with Gasteiger partial charge in [0, 0.05) is 24.5 Å². The summed E-state index contributed by atoms with van der Waals surface area (Å²) in [6.07, 6.45) is 6.42. The molecule has 1 aliphatic rings. The minimum absolute atomic E-state index is 0.0483. The predicted octanol–water partition coefficient (Wildman–Crippen LogP) is 3.72. The Hall–Kier alpha value is -3.48. The lowest BCUT2D eigenvalue weighted by molar-refractivity contribution is 0.0595. The molecule has 28 heavy (non-hydrogen) atoms. The van der Waals surface area contributed by atoms with Crippen LogP contribution < -0.4 is 0 Å². The van der Waals surface area contributed by atoms with Gasteiger partial charge in [-0.05, 0) is 49.6 Å². The normalized spacial score (nSPS) is 17.1. The van der Waals surface area contributed by atoms with Gasteiger partial charge in [-0.2, -0.15) is 5.10 Å². The molecule has 7 heteroatoms. The first-order chi connectivity index (χ1) is 13.8. The van der Waals surface area contributed by atoms with Crippen LogP contribution in [0.3, 0.4) is 0 Å². The molecule has 0 spiro atoms. The SMILES string of the molecule is O=C(c1cc(-c2cccnc2)n[nH]1)N1CCCC[C@H]1c1nc2ccccc2[nH]1. The highest BCUT2D eigenvalue weighted by molar-refractivity contribution is 5.93. The van der Waals surface area contributed by atoms with E-state index in [0.29, 0.717) is 17.9 Å². The molecule has 0 unspecified atom stereocenters. The molecule has 7 nitrogen and oxygen atoms in total. The molecule has 1 aromatic carbocycles. The Morgan fingerprint density at radius 2 is 2.07 bits per heavy atom. The van der Waals surface area contributed by atoms with Crippen molar-refractivity contribution in [2.24, 2.45) is 0 Å². The van der Waals surface area contributed by atoms with E-state index in [1.54, 1.807) is 18.5 Å². The van der Waals surface area contributed by atoms with Crippen molar-refractivity contribution in [2.45, 2.75) is 25.3 Å². The van der Waals surface area contributed by atoms with Crippen molar-refractivity contribution in [1.82, 2.24) is 30.0 Å². The molecule has 2 N–H and O–H groups in total. The fourth-order valence-corrected chi connectivity index (χ4v) is 3.84. The van der Waals surface area contributed by atoms with Gasteiger partial charge in [-0.25, -0.2) is 4.98 Å². The minimum atomic E-state index is -0.0567. The summed E-state index contributed by atoms with van der Waals surface area (Å²) in [6.45, 7) is 0.710. The molecule has 5 rings (SSSR count). The summed E-state index contributed by atoms with van der Waals surface area (Å²) in [5, 5.41) is 7.20. The predicted molar refractivity (Wildman–Crippen MR) is 106 cm³/mol. The monoisotopic (exact) mass is 372 g/mol. The summed E-state index contributed by atoms with van der Waals surface area (Å²) in [4.78, 5) is 27.4. The van der Waals surface area contributed by atoms with Gasteiger partial charge in [0.1, 0.15) is 11.5 Å². The first kappa shape index (κ1) is 16.7. The molecule has 0 radical (unpaired) electrons. The average Bonchev–Trinajstić information content (AvgIpc) is 3.41. The highest BCUT2D eigenvalue weighted by Gasteiger charge is 2.31. The summed E-state index contributed by atoms with van der Waals surface area (Å²) in [5.74, 6) is 0.800. The number of hydrogen-bond donors (Lipinski definition) is 2. The maximum atomic E-state index is 13.2. The quantitative estimate of drug-likeness (QED) is 0.573. The number of piperidine rings is 1. The van der Waals surface area contributed by atoms with Crippen molar-refractivity contribution >= 4 is 16.9 Å². The smallest absolute Gasteiger partial charge is 0.272 e. The largest absolute Gasteiger partial charge is 0.340 e. The van der Waals surface area contributed by atoms with Crippen LogP contribution in [0.25, 0.3) is 22.3 Å². The van der Waals surface area contributed by atoms with Gasteiger partial charge >= 0.3 is 0 Å². The summed E-state index contributed by atoms with van der Waals surface area (Å²) in [6, 6.07) is 13.5. The molecular weight excluding hydrogens is 352 g/mol. The number of benzene rings is 1. The minimum Gasteiger partial charge on any atom is -0.340 e. The van der Waals surface area contributed by atoms with Crippen LogP contribution in [0.15, 0.2) is 54.9 Å². The van der Waals surface area contributed by atoms with Crippen molar-refractivity contribution in [2.75, 3.05) is 6.54 Å². The molecule has 0 aliphatic carbocycles. The number of carbonyl (C=O) groups excluding carboxylic acids is 1. The molecule has 1 aliphatic heterocycles. The van der Waals surface area contributed by atoms with Crippen LogP contribution in [-0.2, 0) is 0 Å². The summed E-state index contributed by atoms with van der Waals surface area (Å²) in [5.41, 5.74) is 4.01. The first-order valence-electron chi connectivity index (χ1n) is 9.51. The highest BCUT2D eigenvalue weighted by Crippen LogP contribution is 2.32. The molecule has 4 heterocycles. The van der Waals surface area contributed by atoms with Crippen LogP contribution in [-0.4, -0.2) is 42.5 Å². The zero-order chi connectivity index (χ0) is 18.9. The van der Waals surface area contributed by atoms with Crippen molar-refractivity contribution < 1.29 is 4.79 Å². The molecule has 1 atom stereocenters. The van der Waals surface area contributed by atoms with E-state index in [1.807, 2.05) is 41.3 Å². The lowest BCUT2D eigenvalue weighted by Crippen LogP contribution is -2.39. The second-order valence-corrected chi connectivity index (χ2v) is 7.06. The number of likely N-dealkylation sites (tertiary alicyclic amines) is 1. The third kappa shape index (κ3) is 2.94. The van der Waals surface area contributed by atoms with Gasteiger partial charge in [-0.3, -0.25) is 14.9 Å². The molecule has 3 aromatic heterocycles. The van der Waals surface area contributed by atoms with E-state index >= 15 is 0 Å². The molecule has 0 bridgehead atoms. The second-order valence-electron chi connectivity index (χ2n) is 7.06. The zero-order valence-electron chi connectivity index (χ0n) is 15.3. The van der Waals surface area contributed by atoms with Crippen molar-refractivity contribution in [1.29, 1.82) is 0 Å². The van der Waals surface area contributed by atoms with Gasteiger partial charge in [0.2, 0.25) is 0 Å². The highest BCUT2D eigenvalue weighted by atomic mass is 16.2. The van der Waals surface area contributed by atoms with E-state index in [0.717, 1.165) is 41.7 Å². The Morgan fingerprint density at radius 3 is 2.93 bits per heavy atom. The number of amides is 1. The Labute approximate surface area is 161 Å². The third-order valence-electron chi connectivity index (χ3n) is 5.25. The van der Waals surface area contributed by atoms with Crippen LogP contribution in [0.4, 0.5) is 0 Å². The number of pyridine rings is 1. The summed E-state index contributed by atoms with van der Waals surface area (Å²) >= 11 is 0. The van der Waals surface area contributed by atoms with E-state index in [9.17, 15) is 4.79 Å². The molecule has 0 saturated carbocycles. The zero-order valence-corrected chi connectivity index (χ0v) is 15.3. The molecule has 140 valence electrons. The number of aromatic nitrogens is 5. The Kier molecular flexibility index (Phi) is 4.12. The number of aromatic amines is 2. The Balaban J connectivity index is 1.45. The number of nitrogens with zero attached hydrogens (tertiary/aromatic N) is 4. The van der Waals surface area contributed by atoms with Crippen LogP contribution in [0.2, 0.25) is 0 Å². The number of hydrogen-bond acceptors (Lipinski definition) is 4. The van der Waals surface area contributed by atoms with Crippen LogP contribution in [0, 0.1) is 0 Å². The van der Waals surface area contributed by atoms with E-state index in [2.05, 4.69) is 20.2 Å². The van der Waals surface area contributed by atoms with E-state index in [4.69, 9.17) is 4.98 Å². The topological polar surface area (TPSA) is 90.6 Å². The van der Waals surface area contributed by atoms with Crippen LogP contribution in [0.5, 0.6) is 0 Å². The molecule has 1 saturated heterocycles. The second kappa shape index (κ2) is 6.92. The first-order valence-corrected chi connectivity index (χ1v) is 9.51. The van der Waals surface area contributed by atoms with Gasteiger partial charge in [-0.15, -0.1) is 0 Å². The number of rotatable bonds is 3. The van der Waals surface area contributed by atoms with E-state index < -0.39 is 0 Å². The fourth-order valence-electron chi connectivity index (χ4n) is 3.84. The van der Waals surface area contributed by atoms with Crippen molar-refractivity contribution in [3.05, 3.63) is 66.4 Å². The van der Waals surface area contributed by atoms with Gasteiger partial charge in [0.05, 0.1) is 22.8 Å². The molecule has 1 amide bonds. The maximum absolute atomic E-state index is 13.2. The van der Waals surface area contributed by atoms with Gasteiger partial charge in [-0.1, -0.05) is 12.1 Å². The van der Waals surface area contributed by atoms with Crippen molar-refractivity contribution in [3.63, 3.8) is 0 Å². The molecule has 1 fully saturated rings. The fraction of sp³-hybridized carbons (Fsp3) is 0.238. The number of fused-ring (bicyclic) bond motifs is 1. The molecule has 4 aromatic rings.